The van der Waals surface area contributed by atoms with Crippen molar-refractivity contribution in [2.24, 2.45) is 0 Å². The average molecular weight is 320 g/mol. The molecule has 0 radical (unpaired) electrons. The van der Waals surface area contributed by atoms with Gasteiger partial charge in [-0.3, -0.25) is 4.72 Å². The Morgan fingerprint density at radius 1 is 1.41 bits per heavy atom. The summed E-state index contributed by atoms with van der Waals surface area (Å²) in [5.41, 5.74) is 7.40. The summed E-state index contributed by atoms with van der Waals surface area (Å²) < 4.78 is 29.3. The molecule has 1 fully saturated rings. The van der Waals surface area contributed by atoms with Gasteiger partial charge in [-0.25, -0.2) is 0 Å². The first-order valence-electron chi connectivity index (χ1n) is 5.23. The Hall–Kier alpha value is -0.790. The molecule has 0 atom stereocenters. The summed E-state index contributed by atoms with van der Waals surface area (Å²) in [6, 6.07) is 3.55. The van der Waals surface area contributed by atoms with Crippen LogP contribution in [-0.4, -0.2) is 14.5 Å². The predicted molar refractivity (Wildman–Crippen MR) is 72.0 cm³/mol. The minimum Gasteiger partial charge on any atom is -0.397 e. The van der Waals surface area contributed by atoms with E-state index in [1.807, 2.05) is 6.07 Å². The summed E-state index contributed by atoms with van der Waals surface area (Å²) in [4.78, 5) is 0. The fourth-order valence-electron chi connectivity index (χ4n) is 1.49. The van der Waals surface area contributed by atoms with Gasteiger partial charge in [0, 0.05) is 10.5 Å². The minimum absolute atomic E-state index is 0.0736. The lowest BCUT2D eigenvalue weighted by atomic mass is 10.2. The van der Waals surface area contributed by atoms with Gasteiger partial charge in [0.1, 0.15) is 0 Å². The van der Waals surface area contributed by atoms with Gasteiger partial charge in [0.05, 0.1) is 11.4 Å². The smallest absolute Gasteiger partial charge is 0.299 e. The maximum Gasteiger partial charge on any atom is 0.299 e. The van der Waals surface area contributed by atoms with Crippen molar-refractivity contribution in [1.82, 2.24) is 4.72 Å². The number of anilines is 2. The third kappa shape index (κ3) is 3.34. The van der Waals surface area contributed by atoms with Gasteiger partial charge in [0.25, 0.3) is 10.2 Å². The van der Waals surface area contributed by atoms with Crippen molar-refractivity contribution in [2.75, 3.05) is 10.5 Å². The number of benzene rings is 1. The molecule has 0 bridgehead atoms. The molecular formula is C10H14BrN3O2S. The lowest BCUT2D eigenvalue weighted by Crippen LogP contribution is -2.32. The van der Waals surface area contributed by atoms with Crippen molar-refractivity contribution in [3.8, 4) is 0 Å². The van der Waals surface area contributed by atoms with Crippen molar-refractivity contribution in [3.05, 3.63) is 22.2 Å². The molecule has 1 aliphatic carbocycles. The maximum atomic E-state index is 11.8. The highest BCUT2D eigenvalue weighted by Crippen LogP contribution is 2.29. The van der Waals surface area contributed by atoms with E-state index in [0.717, 1.165) is 22.9 Å². The number of rotatable bonds is 4. The fraction of sp³-hybridized carbons (Fsp3) is 0.400. The summed E-state index contributed by atoms with van der Waals surface area (Å²) in [7, 11) is -3.52. The molecule has 0 aromatic heterocycles. The largest absolute Gasteiger partial charge is 0.397 e. The van der Waals surface area contributed by atoms with Crippen LogP contribution in [0.2, 0.25) is 0 Å². The van der Waals surface area contributed by atoms with Crippen LogP contribution in [0.1, 0.15) is 18.4 Å². The van der Waals surface area contributed by atoms with Crippen LogP contribution in [0.25, 0.3) is 0 Å². The molecule has 0 saturated heterocycles. The van der Waals surface area contributed by atoms with Crippen LogP contribution in [0, 0.1) is 6.92 Å². The zero-order valence-corrected chi connectivity index (χ0v) is 11.7. The predicted octanol–water partition coefficient (Wildman–Crippen LogP) is 1.75. The number of halogens is 1. The Morgan fingerprint density at radius 2 is 2.06 bits per heavy atom. The number of hydrogen-bond donors (Lipinski definition) is 3. The lowest BCUT2D eigenvalue weighted by Gasteiger charge is -2.13. The Morgan fingerprint density at radius 3 is 2.59 bits per heavy atom. The highest BCUT2D eigenvalue weighted by atomic mass is 79.9. The topological polar surface area (TPSA) is 84.2 Å². The van der Waals surface area contributed by atoms with E-state index in [9.17, 15) is 8.42 Å². The Kier molecular flexibility index (Phi) is 3.33. The van der Waals surface area contributed by atoms with E-state index in [-0.39, 0.29) is 6.04 Å². The van der Waals surface area contributed by atoms with Crippen molar-refractivity contribution >= 4 is 37.5 Å². The zero-order valence-electron chi connectivity index (χ0n) is 9.33. The third-order valence-electron chi connectivity index (χ3n) is 2.47. The standard InChI is InChI=1S/C10H14BrN3O2S/c1-6-4-7(11)5-9(12)10(6)14-17(15,16)13-8-2-3-8/h4-5,8,13-14H,2-3,12H2,1H3. The van der Waals surface area contributed by atoms with Gasteiger partial charge in [0.15, 0.2) is 0 Å². The summed E-state index contributed by atoms with van der Waals surface area (Å²) in [6.07, 6.45) is 1.80. The third-order valence-corrected chi connectivity index (χ3v) is 4.04. The van der Waals surface area contributed by atoms with Gasteiger partial charge in [-0.2, -0.15) is 13.1 Å². The molecule has 0 heterocycles. The number of nitrogen functional groups attached to an aromatic ring is 1. The molecule has 0 spiro atoms. The molecule has 94 valence electrons. The molecule has 2 rings (SSSR count). The van der Waals surface area contributed by atoms with Crippen LogP contribution in [0.15, 0.2) is 16.6 Å². The molecular weight excluding hydrogens is 306 g/mol. The molecule has 1 aromatic rings. The van der Waals surface area contributed by atoms with Crippen molar-refractivity contribution in [1.29, 1.82) is 0 Å². The Bertz CT molecular complexity index is 517. The average Bonchev–Trinajstić information content (AvgIpc) is 2.94. The molecule has 4 N–H and O–H groups in total. The van der Waals surface area contributed by atoms with Gasteiger partial charge >= 0.3 is 0 Å². The fourth-order valence-corrected chi connectivity index (χ4v) is 3.36. The van der Waals surface area contributed by atoms with Crippen LogP contribution in [0.5, 0.6) is 0 Å². The maximum absolute atomic E-state index is 11.8. The first-order chi connectivity index (χ1) is 7.87. The highest BCUT2D eigenvalue weighted by molar-refractivity contribution is 9.10. The van der Waals surface area contributed by atoms with Crippen molar-refractivity contribution in [2.45, 2.75) is 25.8 Å². The van der Waals surface area contributed by atoms with Crippen molar-refractivity contribution in [3.63, 3.8) is 0 Å². The van der Waals surface area contributed by atoms with Crippen LogP contribution < -0.4 is 15.2 Å². The summed E-state index contributed by atoms with van der Waals surface area (Å²) in [5, 5.41) is 0. The van der Waals surface area contributed by atoms with E-state index in [1.54, 1.807) is 13.0 Å². The Labute approximate surface area is 109 Å². The van der Waals surface area contributed by atoms with Gasteiger partial charge in [-0.1, -0.05) is 15.9 Å². The van der Waals surface area contributed by atoms with Crippen LogP contribution in [-0.2, 0) is 10.2 Å². The van der Waals surface area contributed by atoms with E-state index in [1.165, 1.54) is 0 Å². The molecule has 5 nitrogen and oxygen atoms in total. The number of nitrogens with two attached hydrogens (primary N) is 1. The van der Waals surface area contributed by atoms with E-state index < -0.39 is 10.2 Å². The number of hydrogen-bond acceptors (Lipinski definition) is 3. The van der Waals surface area contributed by atoms with Gasteiger partial charge in [-0.15, -0.1) is 0 Å². The van der Waals surface area contributed by atoms with E-state index in [4.69, 9.17) is 5.73 Å². The molecule has 0 unspecified atom stereocenters. The second-order valence-corrected chi connectivity index (χ2v) is 6.55. The minimum atomic E-state index is -3.52. The molecule has 1 saturated carbocycles. The molecule has 1 aromatic carbocycles. The quantitative estimate of drug-likeness (QED) is 0.739. The van der Waals surface area contributed by atoms with Crippen LogP contribution in [0.4, 0.5) is 11.4 Å². The van der Waals surface area contributed by atoms with Gasteiger partial charge in [-0.05, 0) is 37.5 Å². The molecule has 17 heavy (non-hydrogen) atoms. The van der Waals surface area contributed by atoms with Gasteiger partial charge < -0.3 is 5.73 Å². The molecule has 0 aliphatic heterocycles. The number of nitrogens with one attached hydrogen (secondary N) is 2. The monoisotopic (exact) mass is 319 g/mol. The van der Waals surface area contributed by atoms with E-state index in [0.29, 0.717) is 11.4 Å². The number of aryl methyl sites for hydroxylation is 1. The van der Waals surface area contributed by atoms with Crippen molar-refractivity contribution < 1.29 is 8.42 Å². The van der Waals surface area contributed by atoms with E-state index in [2.05, 4.69) is 25.4 Å². The highest BCUT2D eigenvalue weighted by Gasteiger charge is 2.27. The lowest BCUT2D eigenvalue weighted by molar-refractivity contribution is 0.586. The summed E-state index contributed by atoms with van der Waals surface area (Å²) in [6.45, 7) is 1.80. The summed E-state index contributed by atoms with van der Waals surface area (Å²) in [5.74, 6) is 0. The SMILES string of the molecule is Cc1cc(Br)cc(N)c1NS(=O)(=O)NC1CC1. The zero-order chi connectivity index (χ0) is 12.6. The first kappa shape index (κ1) is 12.7. The van der Waals surface area contributed by atoms with Crippen LogP contribution >= 0.6 is 15.9 Å². The van der Waals surface area contributed by atoms with Gasteiger partial charge in [0.2, 0.25) is 0 Å². The normalized spacial score (nSPS) is 15.9. The second kappa shape index (κ2) is 4.47. The van der Waals surface area contributed by atoms with E-state index >= 15 is 0 Å². The molecule has 1 aliphatic rings. The summed E-state index contributed by atoms with van der Waals surface area (Å²) >= 11 is 3.30. The molecule has 7 heteroatoms. The molecule has 0 amide bonds. The van der Waals surface area contributed by atoms with Crippen LogP contribution in [0.3, 0.4) is 0 Å². The second-order valence-electron chi connectivity index (χ2n) is 4.18. The first-order valence-corrected chi connectivity index (χ1v) is 7.51. The Balaban J connectivity index is 2.23.